The lowest BCUT2D eigenvalue weighted by atomic mass is 10.2. The van der Waals surface area contributed by atoms with Crippen LogP contribution in [0.2, 0.25) is 10.0 Å². The molecule has 10 heteroatoms. The zero-order valence-electron chi connectivity index (χ0n) is 15.0. The number of rotatable bonds is 4. The third-order valence-corrected chi connectivity index (χ3v) is 7.65. The number of fused-ring (bicyclic) bond motifs is 1. The van der Waals surface area contributed by atoms with Gasteiger partial charge in [0.2, 0.25) is 15.8 Å². The highest BCUT2D eigenvalue weighted by atomic mass is 35.5. The molecule has 0 atom stereocenters. The third kappa shape index (κ3) is 3.57. The molecule has 1 aromatic heterocycles. The Bertz CT molecular complexity index is 1200. The van der Waals surface area contributed by atoms with Gasteiger partial charge >= 0.3 is 5.97 Å². The van der Waals surface area contributed by atoms with Crippen molar-refractivity contribution in [3.8, 4) is 0 Å². The van der Waals surface area contributed by atoms with E-state index in [1.54, 1.807) is 30.3 Å². The summed E-state index contributed by atoms with van der Waals surface area (Å²) in [7, 11) is -3.69. The molecule has 0 amide bonds. The van der Waals surface area contributed by atoms with Crippen LogP contribution in [0.1, 0.15) is 10.6 Å². The number of nitrogens with zero attached hydrogens (tertiary/aromatic N) is 2. The van der Waals surface area contributed by atoms with E-state index in [4.69, 9.17) is 32.7 Å². The average Bonchev–Trinajstić information content (AvgIpc) is 3.14. The fourth-order valence-corrected chi connectivity index (χ4v) is 5.62. The summed E-state index contributed by atoms with van der Waals surface area (Å²) in [5.41, 5.74) is 1.09. The molecule has 2 heterocycles. The minimum atomic E-state index is -3.69. The van der Waals surface area contributed by atoms with Crippen LogP contribution in [0.25, 0.3) is 11.0 Å². The van der Waals surface area contributed by atoms with Crippen LogP contribution in [0.5, 0.6) is 0 Å². The topological polar surface area (TPSA) is 91.1 Å². The van der Waals surface area contributed by atoms with Crippen molar-refractivity contribution in [2.75, 3.05) is 31.1 Å². The van der Waals surface area contributed by atoms with Crippen molar-refractivity contribution in [3.05, 3.63) is 58.3 Å². The Balaban J connectivity index is 1.56. The van der Waals surface area contributed by atoms with Gasteiger partial charge in [-0.25, -0.2) is 13.2 Å². The van der Waals surface area contributed by atoms with Crippen LogP contribution in [-0.4, -0.2) is 50.0 Å². The van der Waals surface area contributed by atoms with E-state index in [2.05, 4.69) is 0 Å². The van der Waals surface area contributed by atoms with Crippen molar-refractivity contribution in [1.29, 1.82) is 0 Å². The largest absolute Gasteiger partial charge is 0.475 e. The van der Waals surface area contributed by atoms with Gasteiger partial charge in [-0.05, 0) is 24.3 Å². The highest BCUT2D eigenvalue weighted by molar-refractivity contribution is 7.89. The van der Waals surface area contributed by atoms with Crippen LogP contribution < -0.4 is 4.90 Å². The third-order valence-electron chi connectivity index (χ3n) is 4.86. The van der Waals surface area contributed by atoms with Gasteiger partial charge in [0, 0.05) is 37.6 Å². The van der Waals surface area contributed by atoms with Gasteiger partial charge in [-0.15, -0.1) is 0 Å². The number of sulfonamides is 1. The summed E-state index contributed by atoms with van der Waals surface area (Å²) in [4.78, 5) is 13.2. The molecule has 152 valence electrons. The van der Waals surface area contributed by atoms with Crippen LogP contribution in [0, 0.1) is 0 Å². The first-order chi connectivity index (χ1) is 13.8. The fraction of sp³-hybridized carbons (Fsp3) is 0.211. The zero-order chi connectivity index (χ0) is 20.8. The Morgan fingerprint density at radius 1 is 1.03 bits per heavy atom. The van der Waals surface area contributed by atoms with E-state index in [9.17, 15) is 13.2 Å². The predicted molar refractivity (Wildman–Crippen MR) is 111 cm³/mol. The fourth-order valence-electron chi connectivity index (χ4n) is 3.38. The minimum Gasteiger partial charge on any atom is -0.475 e. The molecular weight excluding hydrogens is 439 g/mol. The standard InChI is InChI=1S/C19H16Cl2N2O5S/c20-13-3-1-2-4-17(13)29(26,27)23-9-7-22(8-10-23)14-5-6-15-12(18(14)21)11-16(28-15)19(24)25/h1-6,11H,7-10H2,(H,24,25). The predicted octanol–water partition coefficient (Wildman–Crippen LogP) is 3.95. The number of benzene rings is 2. The quantitative estimate of drug-likeness (QED) is 0.641. The lowest BCUT2D eigenvalue weighted by Gasteiger charge is -2.35. The van der Waals surface area contributed by atoms with Gasteiger partial charge in [-0.2, -0.15) is 4.31 Å². The summed E-state index contributed by atoms with van der Waals surface area (Å²) in [6.45, 7) is 1.40. The number of hydrogen-bond donors (Lipinski definition) is 1. The summed E-state index contributed by atoms with van der Waals surface area (Å²) >= 11 is 12.6. The first-order valence-corrected chi connectivity index (χ1v) is 10.9. The monoisotopic (exact) mass is 454 g/mol. The number of hydrogen-bond acceptors (Lipinski definition) is 5. The number of carbonyl (C=O) groups is 1. The maximum absolute atomic E-state index is 12.9. The van der Waals surface area contributed by atoms with E-state index < -0.39 is 16.0 Å². The average molecular weight is 455 g/mol. The Morgan fingerprint density at radius 2 is 1.72 bits per heavy atom. The van der Waals surface area contributed by atoms with E-state index in [0.717, 1.165) is 0 Å². The molecule has 0 unspecified atom stereocenters. The molecule has 1 saturated heterocycles. The number of halogens is 2. The van der Waals surface area contributed by atoms with Gasteiger partial charge < -0.3 is 14.4 Å². The summed E-state index contributed by atoms with van der Waals surface area (Å²) in [6, 6.07) is 11.2. The normalized spacial score (nSPS) is 15.7. The second kappa shape index (κ2) is 7.53. The molecule has 1 fully saturated rings. The van der Waals surface area contributed by atoms with Crippen LogP contribution in [0.3, 0.4) is 0 Å². The molecule has 7 nitrogen and oxygen atoms in total. The van der Waals surface area contributed by atoms with Gasteiger partial charge in [0.25, 0.3) is 0 Å². The number of carboxylic acids is 1. The van der Waals surface area contributed by atoms with Crippen molar-refractivity contribution >= 4 is 55.9 Å². The molecular formula is C19H16Cl2N2O5S. The molecule has 0 radical (unpaired) electrons. The molecule has 0 aliphatic carbocycles. The van der Waals surface area contributed by atoms with Gasteiger partial charge in [0.05, 0.1) is 15.7 Å². The van der Waals surface area contributed by atoms with Gasteiger partial charge in [0.1, 0.15) is 10.5 Å². The number of carboxylic acid groups (broad SMARTS) is 1. The summed E-state index contributed by atoms with van der Waals surface area (Å²) < 4.78 is 32.4. The molecule has 0 saturated carbocycles. The molecule has 0 bridgehead atoms. The van der Waals surface area contributed by atoms with Gasteiger partial charge in [-0.1, -0.05) is 35.3 Å². The SMILES string of the molecule is O=C(O)c1cc2c(Cl)c(N3CCN(S(=O)(=O)c4ccccc4Cl)CC3)ccc2o1. The Labute approximate surface area is 177 Å². The van der Waals surface area contributed by atoms with Crippen molar-refractivity contribution < 1.29 is 22.7 Å². The van der Waals surface area contributed by atoms with Crippen LogP contribution in [0.15, 0.2) is 51.8 Å². The highest BCUT2D eigenvalue weighted by Gasteiger charge is 2.30. The van der Waals surface area contributed by atoms with Crippen LogP contribution in [-0.2, 0) is 10.0 Å². The molecule has 29 heavy (non-hydrogen) atoms. The van der Waals surface area contributed by atoms with E-state index >= 15 is 0 Å². The number of furan rings is 1. The molecule has 1 aliphatic heterocycles. The molecule has 3 aromatic rings. The van der Waals surface area contributed by atoms with Crippen molar-refractivity contribution in [1.82, 2.24) is 4.31 Å². The summed E-state index contributed by atoms with van der Waals surface area (Å²) in [5, 5.41) is 10.2. The van der Waals surface area contributed by atoms with Gasteiger partial charge in [0.15, 0.2) is 0 Å². The number of anilines is 1. The minimum absolute atomic E-state index is 0.0918. The second-order valence-corrected chi connectivity index (χ2v) is 9.24. The van der Waals surface area contributed by atoms with E-state index in [1.165, 1.54) is 16.4 Å². The lowest BCUT2D eigenvalue weighted by molar-refractivity contribution is 0.0665. The summed E-state index contributed by atoms with van der Waals surface area (Å²) in [5.74, 6) is -1.35. The first kappa shape index (κ1) is 20.0. The zero-order valence-corrected chi connectivity index (χ0v) is 17.3. The van der Waals surface area contributed by atoms with Crippen molar-refractivity contribution in [2.24, 2.45) is 0 Å². The van der Waals surface area contributed by atoms with Crippen LogP contribution >= 0.6 is 23.2 Å². The summed E-state index contributed by atoms with van der Waals surface area (Å²) in [6.07, 6.45) is 0. The molecule has 2 aromatic carbocycles. The molecule has 1 N–H and O–H groups in total. The Hall–Kier alpha value is -2.26. The van der Waals surface area contributed by atoms with Crippen molar-refractivity contribution in [3.63, 3.8) is 0 Å². The number of piperazine rings is 1. The molecule has 1 aliphatic rings. The van der Waals surface area contributed by atoms with Crippen molar-refractivity contribution in [2.45, 2.75) is 4.90 Å². The second-order valence-electron chi connectivity index (χ2n) is 6.55. The van der Waals surface area contributed by atoms with Crippen LogP contribution in [0.4, 0.5) is 5.69 Å². The lowest BCUT2D eigenvalue weighted by Crippen LogP contribution is -2.48. The first-order valence-electron chi connectivity index (χ1n) is 8.74. The maximum Gasteiger partial charge on any atom is 0.371 e. The van der Waals surface area contributed by atoms with E-state index in [0.29, 0.717) is 34.8 Å². The number of aromatic carboxylic acids is 1. The van der Waals surface area contributed by atoms with E-state index in [-0.39, 0.29) is 28.8 Å². The Morgan fingerprint density at radius 3 is 2.38 bits per heavy atom. The van der Waals surface area contributed by atoms with E-state index in [1.807, 2.05) is 4.90 Å². The molecule has 0 spiro atoms. The highest BCUT2D eigenvalue weighted by Crippen LogP contribution is 2.36. The smallest absolute Gasteiger partial charge is 0.371 e. The molecule has 4 rings (SSSR count). The maximum atomic E-state index is 12.9. The Kier molecular flexibility index (Phi) is 5.20. The van der Waals surface area contributed by atoms with Gasteiger partial charge in [-0.3, -0.25) is 0 Å².